The van der Waals surface area contributed by atoms with Crippen molar-refractivity contribution in [3.8, 4) is 17.6 Å². The second kappa shape index (κ2) is 8.68. The number of fused-ring (bicyclic) bond motifs is 1. The van der Waals surface area contributed by atoms with Crippen molar-refractivity contribution in [2.75, 3.05) is 6.61 Å². The van der Waals surface area contributed by atoms with Crippen LogP contribution in [0.2, 0.25) is 0 Å². The van der Waals surface area contributed by atoms with Gasteiger partial charge in [-0.15, -0.1) is 11.3 Å². The van der Waals surface area contributed by atoms with E-state index in [9.17, 15) is 25.1 Å². The van der Waals surface area contributed by atoms with E-state index in [0.717, 1.165) is 11.3 Å². The third-order valence-electron chi connectivity index (χ3n) is 5.18. The van der Waals surface area contributed by atoms with Crippen LogP contribution in [-0.4, -0.2) is 27.4 Å². The number of carbonyl (C=O) groups excluding carboxylic acids is 1. The zero-order chi connectivity index (χ0) is 23.7. The highest BCUT2D eigenvalue weighted by molar-refractivity contribution is 7.07. The maximum atomic E-state index is 13.2. The van der Waals surface area contributed by atoms with Gasteiger partial charge in [0, 0.05) is 0 Å². The topological polar surface area (TPSA) is 139 Å². The quantitative estimate of drug-likeness (QED) is 0.498. The summed E-state index contributed by atoms with van der Waals surface area (Å²) in [6.45, 7) is 1.74. The van der Waals surface area contributed by atoms with Gasteiger partial charge < -0.3 is 20.7 Å². The number of nitrogens with zero attached hydrogens (tertiary/aromatic N) is 2. The van der Waals surface area contributed by atoms with Crippen LogP contribution in [-0.2, 0) is 9.53 Å². The Bertz CT molecular complexity index is 1490. The monoisotopic (exact) mass is 461 g/mol. The lowest BCUT2D eigenvalue weighted by molar-refractivity contribution is -0.138. The number of hydrogen-bond acceptors (Lipinski definition) is 8. The molecule has 2 heterocycles. The molecule has 1 aliphatic heterocycles. The van der Waals surface area contributed by atoms with E-state index in [4.69, 9.17) is 10.5 Å². The molecule has 0 unspecified atom stereocenters. The Labute approximate surface area is 192 Å². The fraction of sp³-hybridized carbons (Fsp3) is 0.125. The van der Waals surface area contributed by atoms with E-state index in [1.54, 1.807) is 37.3 Å². The molecule has 1 aliphatic rings. The molecule has 33 heavy (non-hydrogen) atoms. The van der Waals surface area contributed by atoms with Crippen molar-refractivity contribution in [2.24, 2.45) is 5.73 Å². The van der Waals surface area contributed by atoms with Crippen molar-refractivity contribution in [1.82, 2.24) is 4.57 Å². The summed E-state index contributed by atoms with van der Waals surface area (Å²) in [6.07, 6.45) is 1.62. The summed E-state index contributed by atoms with van der Waals surface area (Å²) in [5, 5.41) is 29.2. The van der Waals surface area contributed by atoms with Crippen LogP contribution >= 0.6 is 11.3 Å². The normalized spacial score (nSPS) is 15.8. The minimum Gasteiger partial charge on any atom is -0.508 e. The van der Waals surface area contributed by atoms with Gasteiger partial charge in [-0.25, -0.2) is 4.79 Å². The zero-order valence-electron chi connectivity index (χ0n) is 17.5. The van der Waals surface area contributed by atoms with Crippen molar-refractivity contribution < 1.29 is 19.7 Å². The number of hydrogen-bond donors (Lipinski definition) is 3. The lowest BCUT2D eigenvalue weighted by Crippen LogP contribution is -2.40. The van der Waals surface area contributed by atoms with Crippen LogP contribution < -0.4 is 20.5 Å². The lowest BCUT2D eigenvalue weighted by atomic mass is 9.84. The van der Waals surface area contributed by atoms with Crippen LogP contribution in [0.4, 0.5) is 0 Å². The highest BCUT2D eigenvalue weighted by Gasteiger charge is 2.36. The molecule has 1 atom stereocenters. The van der Waals surface area contributed by atoms with Crippen LogP contribution in [0.25, 0.3) is 17.5 Å². The second-order valence-corrected chi connectivity index (χ2v) is 8.25. The molecule has 166 valence electrons. The number of aromatic nitrogens is 1. The Morgan fingerprint density at radius 3 is 2.36 bits per heavy atom. The van der Waals surface area contributed by atoms with E-state index < -0.39 is 17.4 Å². The number of phenols is 2. The van der Waals surface area contributed by atoms with Gasteiger partial charge in [0.2, 0.25) is 0 Å². The Hall–Kier alpha value is -4.29. The van der Waals surface area contributed by atoms with Gasteiger partial charge in [0.05, 0.1) is 34.3 Å². The third-order valence-corrected chi connectivity index (χ3v) is 6.29. The number of benzene rings is 2. The first-order valence-electron chi connectivity index (χ1n) is 9.98. The molecule has 0 radical (unpaired) electrons. The Morgan fingerprint density at radius 2 is 1.79 bits per heavy atom. The standard InChI is InChI=1S/C24H19N3O5S/c1-2-32-24(31)20-19(14-5-9-16(29)10-6-14)17(12-25)23-27(21(20)26)22(30)18(33-23)11-13-3-7-15(28)8-4-13/h3-11,19,28-29H,2,26H2,1H3/b18-11-/t19-/m1/s1. The molecule has 2 aromatic carbocycles. The van der Waals surface area contributed by atoms with Crippen LogP contribution in [0, 0.1) is 11.3 Å². The van der Waals surface area contributed by atoms with Gasteiger partial charge in [-0.3, -0.25) is 9.36 Å². The molecule has 8 nitrogen and oxygen atoms in total. The summed E-state index contributed by atoms with van der Waals surface area (Å²) in [5.74, 6) is -1.58. The minimum atomic E-state index is -0.866. The van der Waals surface area contributed by atoms with Gasteiger partial charge in [-0.2, -0.15) is 5.26 Å². The van der Waals surface area contributed by atoms with Crippen LogP contribution in [0.1, 0.15) is 24.0 Å². The Kier molecular flexibility index (Phi) is 5.77. The summed E-state index contributed by atoms with van der Waals surface area (Å²) in [4.78, 5) is 26.1. The van der Waals surface area contributed by atoms with E-state index in [0.29, 0.717) is 20.3 Å². The van der Waals surface area contributed by atoms with Gasteiger partial charge >= 0.3 is 5.97 Å². The predicted octanol–water partition coefficient (Wildman–Crippen LogP) is 1.31. The van der Waals surface area contributed by atoms with E-state index >= 15 is 0 Å². The summed E-state index contributed by atoms with van der Waals surface area (Å²) < 4.78 is 6.98. The number of nitriles is 1. The smallest absolute Gasteiger partial charge is 0.338 e. The molecule has 4 N–H and O–H groups in total. The van der Waals surface area contributed by atoms with E-state index in [1.807, 2.05) is 0 Å². The number of phenolic OH excluding ortho intramolecular Hbond substituents is 2. The molecule has 3 aromatic rings. The fourth-order valence-corrected chi connectivity index (χ4v) is 4.81. The molecular weight excluding hydrogens is 442 g/mol. The number of nitrogens with two attached hydrogens (primary N) is 1. The van der Waals surface area contributed by atoms with Crippen LogP contribution in [0.15, 0.2) is 58.9 Å². The van der Waals surface area contributed by atoms with Gasteiger partial charge in [-0.1, -0.05) is 24.3 Å². The van der Waals surface area contributed by atoms with E-state index in [-0.39, 0.29) is 35.1 Å². The van der Waals surface area contributed by atoms with Crippen LogP contribution in [0.5, 0.6) is 11.5 Å². The largest absolute Gasteiger partial charge is 0.508 e. The highest BCUT2D eigenvalue weighted by atomic mass is 32.1. The minimum absolute atomic E-state index is 0.0114. The molecule has 0 spiro atoms. The predicted molar refractivity (Wildman–Crippen MR) is 123 cm³/mol. The number of carbonyl (C=O) groups is 1. The molecule has 0 fully saturated rings. The first-order chi connectivity index (χ1) is 15.8. The first-order valence-corrected chi connectivity index (χ1v) is 10.8. The molecule has 0 saturated heterocycles. The van der Waals surface area contributed by atoms with Crippen LogP contribution in [0.3, 0.4) is 0 Å². The number of thiazole rings is 1. The fourth-order valence-electron chi connectivity index (χ4n) is 3.68. The number of rotatable bonds is 4. The molecule has 0 saturated carbocycles. The molecule has 0 amide bonds. The van der Waals surface area contributed by atoms with Crippen molar-refractivity contribution >= 4 is 34.8 Å². The van der Waals surface area contributed by atoms with Gasteiger partial charge in [0.15, 0.2) is 0 Å². The van der Waals surface area contributed by atoms with E-state index in [2.05, 4.69) is 6.07 Å². The molecule has 0 bridgehead atoms. The van der Waals surface area contributed by atoms with Gasteiger partial charge in [0.1, 0.15) is 22.0 Å². The summed E-state index contributed by atoms with van der Waals surface area (Å²) >= 11 is 1.08. The summed E-state index contributed by atoms with van der Waals surface area (Å²) in [6, 6.07) is 14.5. The van der Waals surface area contributed by atoms with E-state index in [1.165, 1.54) is 28.8 Å². The Balaban J connectivity index is 2.05. The average molecular weight is 461 g/mol. The third kappa shape index (κ3) is 3.88. The number of ether oxygens (including phenoxy) is 1. The van der Waals surface area contributed by atoms with Crippen molar-refractivity contribution in [2.45, 2.75) is 12.8 Å². The molecule has 9 heteroatoms. The maximum absolute atomic E-state index is 13.2. The molecular formula is C24H19N3O5S. The summed E-state index contributed by atoms with van der Waals surface area (Å²) in [7, 11) is 0. The Morgan fingerprint density at radius 1 is 1.18 bits per heavy atom. The number of aromatic hydroxyl groups is 2. The average Bonchev–Trinajstić information content (AvgIpc) is 3.12. The number of esters is 1. The molecule has 4 rings (SSSR count). The zero-order valence-corrected chi connectivity index (χ0v) is 18.3. The van der Waals surface area contributed by atoms with Crippen molar-refractivity contribution in [3.05, 3.63) is 84.8 Å². The molecule has 1 aromatic heterocycles. The van der Waals surface area contributed by atoms with Crippen molar-refractivity contribution in [3.63, 3.8) is 0 Å². The lowest BCUT2D eigenvalue weighted by Gasteiger charge is -2.25. The van der Waals surface area contributed by atoms with Gasteiger partial charge in [-0.05, 0) is 48.4 Å². The SMILES string of the molecule is CCOC(=O)C1=C(N)n2c(s/c(=C\c3ccc(O)cc3)c2=O)=C(C#N)[C@H]1c1ccc(O)cc1. The maximum Gasteiger partial charge on any atom is 0.338 e. The summed E-state index contributed by atoms with van der Waals surface area (Å²) in [5.41, 5.74) is 7.26. The molecule has 0 aliphatic carbocycles. The first kappa shape index (κ1) is 21.9. The second-order valence-electron chi connectivity index (χ2n) is 7.22. The highest BCUT2D eigenvalue weighted by Crippen LogP contribution is 2.37. The van der Waals surface area contributed by atoms with Gasteiger partial charge in [0.25, 0.3) is 5.56 Å². The van der Waals surface area contributed by atoms with Crippen molar-refractivity contribution in [1.29, 1.82) is 5.26 Å².